The van der Waals surface area contributed by atoms with E-state index in [0.717, 1.165) is 5.69 Å². The quantitative estimate of drug-likeness (QED) is 0.618. The SMILES string of the molecule is O=C(OCC(=O)N1CCN(c2cccc(Cl)c2)CC1)c1cccc2ncccc12. The number of amides is 1. The molecule has 0 bridgehead atoms. The van der Waals surface area contributed by atoms with Gasteiger partial charge in [0.15, 0.2) is 6.61 Å². The van der Waals surface area contributed by atoms with Crippen LogP contribution in [0.4, 0.5) is 5.69 Å². The Kier molecular flexibility index (Phi) is 5.62. The fourth-order valence-corrected chi connectivity index (χ4v) is 3.65. The minimum absolute atomic E-state index is 0.192. The first-order valence-electron chi connectivity index (χ1n) is 9.41. The van der Waals surface area contributed by atoms with Crippen molar-refractivity contribution in [3.8, 4) is 0 Å². The maximum atomic E-state index is 12.5. The van der Waals surface area contributed by atoms with Crippen LogP contribution in [-0.4, -0.2) is 54.5 Å². The number of rotatable bonds is 4. The van der Waals surface area contributed by atoms with Gasteiger partial charge in [-0.1, -0.05) is 29.8 Å². The monoisotopic (exact) mass is 409 g/mol. The third-order valence-corrected chi connectivity index (χ3v) is 5.23. The molecule has 0 aliphatic carbocycles. The number of carbonyl (C=O) groups is 2. The maximum absolute atomic E-state index is 12.5. The van der Waals surface area contributed by atoms with E-state index in [1.165, 1.54) is 0 Å². The Labute approximate surface area is 173 Å². The van der Waals surface area contributed by atoms with E-state index in [1.807, 2.05) is 36.4 Å². The van der Waals surface area contributed by atoms with Gasteiger partial charge < -0.3 is 14.5 Å². The summed E-state index contributed by atoms with van der Waals surface area (Å²) in [6, 6.07) is 16.5. The molecular weight excluding hydrogens is 390 g/mol. The number of nitrogens with zero attached hydrogens (tertiary/aromatic N) is 3. The van der Waals surface area contributed by atoms with Crippen molar-refractivity contribution in [3.63, 3.8) is 0 Å². The fourth-order valence-electron chi connectivity index (χ4n) is 3.46. The van der Waals surface area contributed by atoms with Crippen LogP contribution in [0.5, 0.6) is 0 Å². The van der Waals surface area contributed by atoms with Gasteiger partial charge in [0.25, 0.3) is 5.91 Å². The summed E-state index contributed by atoms with van der Waals surface area (Å²) in [4.78, 5) is 33.1. The molecule has 7 heteroatoms. The Morgan fingerprint density at radius 2 is 1.79 bits per heavy atom. The predicted molar refractivity (Wildman–Crippen MR) is 112 cm³/mol. The second-order valence-corrected chi connectivity index (χ2v) is 7.24. The smallest absolute Gasteiger partial charge is 0.339 e. The highest BCUT2D eigenvalue weighted by atomic mass is 35.5. The minimum Gasteiger partial charge on any atom is -0.452 e. The van der Waals surface area contributed by atoms with Gasteiger partial charge in [0.1, 0.15) is 0 Å². The first-order valence-corrected chi connectivity index (χ1v) is 9.79. The lowest BCUT2D eigenvalue weighted by Crippen LogP contribution is -2.49. The van der Waals surface area contributed by atoms with E-state index in [9.17, 15) is 9.59 Å². The number of hydrogen-bond acceptors (Lipinski definition) is 5. The summed E-state index contributed by atoms with van der Waals surface area (Å²) < 4.78 is 5.29. The highest BCUT2D eigenvalue weighted by Gasteiger charge is 2.23. The van der Waals surface area contributed by atoms with E-state index in [1.54, 1.807) is 29.3 Å². The molecule has 1 aromatic heterocycles. The van der Waals surface area contributed by atoms with Crippen molar-refractivity contribution in [3.05, 3.63) is 71.4 Å². The van der Waals surface area contributed by atoms with E-state index >= 15 is 0 Å². The third-order valence-electron chi connectivity index (χ3n) is 5.00. The topological polar surface area (TPSA) is 62.7 Å². The van der Waals surface area contributed by atoms with Gasteiger partial charge in [-0.15, -0.1) is 0 Å². The number of halogens is 1. The molecule has 0 radical (unpaired) electrons. The number of aromatic nitrogens is 1. The number of benzene rings is 2. The lowest BCUT2D eigenvalue weighted by molar-refractivity contribution is -0.134. The lowest BCUT2D eigenvalue weighted by atomic mass is 10.1. The van der Waals surface area contributed by atoms with E-state index in [0.29, 0.717) is 47.7 Å². The third kappa shape index (κ3) is 4.32. The molecule has 3 aromatic rings. The Morgan fingerprint density at radius 1 is 1.00 bits per heavy atom. The molecule has 4 rings (SSSR count). The molecule has 0 unspecified atom stereocenters. The second-order valence-electron chi connectivity index (χ2n) is 6.80. The van der Waals surface area contributed by atoms with Crippen LogP contribution in [0.3, 0.4) is 0 Å². The number of esters is 1. The largest absolute Gasteiger partial charge is 0.452 e. The zero-order valence-electron chi connectivity index (χ0n) is 15.8. The van der Waals surface area contributed by atoms with Crippen molar-refractivity contribution in [2.75, 3.05) is 37.7 Å². The van der Waals surface area contributed by atoms with Crippen LogP contribution in [0.1, 0.15) is 10.4 Å². The van der Waals surface area contributed by atoms with Crippen molar-refractivity contribution in [1.29, 1.82) is 0 Å². The molecule has 0 saturated carbocycles. The number of ether oxygens (including phenoxy) is 1. The summed E-state index contributed by atoms with van der Waals surface area (Å²) >= 11 is 6.06. The molecule has 2 heterocycles. The molecule has 1 aliphatic heterocycles. The molecule has 0 spiro atoms. The molecule has 2 aromatic carbocycles. The number of pyridine rings is 1. The molecule has 1 amide bonds. The van der Waals surface area contributed by atoms with Crippen LogP contribution in [0, 0.1) is 0 Å². The molecule has 1 aliphatic rings. The number of anilines is 1. The zero-order chi connectivity index (χ0) is 20.2. The predicted octanol–water partition coefficient (Wildman–Crippen LogP) is 3.39. The summed E-state index contributed by atoms with van der Waals surface area (Å²) in [6.45, 7) is 2.28. The van der Waals surface area contributed by atoms with E-state index in [2.05, 4.69) is 9.88 Å². The van der Waals surface area contributed by atoms with Crippen molar-refractivity contribution < 1.29 is 14.3 Å². The minimum atomic E-state index is -0.519. The maximum Gasteiger partial charge on any atom is 0.339 e. The summed E-state index contributed by atoms with van der Waals surface area (Å²) in [5, 5.41) is 1.40. The van der Waals surface area contributed by atoms with Gasteiger partial charge in [0, 0.05) is 48.5 Å². The highest BCUT2D eigenvalue weighted by molar-refractivity contribution is 6.30. The number of fused-ring (bicyclic) bond motifs is 1. The summed E-state index contributed by atoms with van der Waals surface area (Å²) in [5.74, 6) is -0.711. The van der Waals surface area contributed by atoms with Gasteiger partial charge in [-0.2, -0.15) is 0 Å². The van der Waals surface area contributed by atoms with Crippen molar-refractivity contribution in [1.82, 2.24) is 9.88 Å². The van der Waals surface area contributed by atoms with Gasteiger partial charge in [-0.25, -0.2) is 4.79 Å². The van der Waals surface area contributed by atoms with Gasteiger partial charge in [0.05, 0.1) is 11.1 Å². The normalized spacial score (nSPS) is 14.1. The van der Waals surface area contributed by atoms with Crippen LogP contribution in [-0.2, 0) is 9.53 Å². The standard InChI is InChI=1S/C22H20ClN3O3/c23-16-4-1-5-17(14-16)25-10-12-26(13-11-25)21(27)15-29-22(28)19-6-2-8-20-18(19)7-3-9-24-20/h1-9,14H,10-13,15H2. The molecule has 1 fully saturated rings. The Balaban J connectivity index is 1.33. The van der Waals surface area contributed by atoms with Crippen LogP contribution in [0.25, 0.3) is 10.9 Å². The molecule has 6 nitrogen and oxygen atoms in total. The average Bonchev–Trinajstić information content (AvgIpc) is 2.77. The molecule has 29 heavy (non-hydrogen) atoms. The van der Waals surface area contributed by atoms with Crippen LogP contribution >= 0.6 is 11.6 Å². The number of carbonyl (C=O) groups excluding carboxylic acids is 2. The van der Waals surface area contributed by atoms with Crippen LogP contribution in [0.15, 0.2) is 60.8 Å². The highest BCUT2D eigenvalue weighted by Crippen LogP contribution is 2.21. The van der Waals surface area contributed by atoms with Crippen molar-refractivity contribution in [2.45, 2.75) is 0 Å². The van der Waals surface area contributed by atoms with Crippen molar-refractivity contribution >= 4 is 40.1 Å². The fraction of sp³-hybridized carbons (Fsp3) is 0.227. The molecule has 0 atom stereocenters. The zero-order valence-corrected chi connectivity index (χ0v) is 16.5. The first kappa shape index (κ1) is 19.2. The van der Waals surface area contributed by atoms with Gasteiger partial charge in [-0.05, 0) is 36.4 Å². The number of piperazine rings is 1. The number of hydrogen-bond donors (Lipinski definition) is 0. The molecule has 148 valence electrons. The van der Waals surface area contributed by atoms with Crippen LogP contribution < -0.4 is 4.90 Å². The molecule has 1 saturated heterocycles. The van der Waals surface area contributed by atoms with E-state index in [4.69, 9.17) is 16.3 Å². The summed E-state index contributed by atoms with van der Waals surface area (Å²) in [7, 11) is 0. The molecular formula is C22H20ClN3O3. The average molecular weight is 410 g/mol. The van der Waals surface area contributed by atoms with Crippen LogP contribution in [0.2, 0.25) is 5.02 Å². The van der Waals surface area contributed by atoms with E-state index < -0.39 is 5.97 Å². The Morgan fingerprint density at radius 3 is 2.59 bits per heavy atom. The van der Waals surface area contributed by atoms with Gasteiger partial charge >= 0.3 is 5.97 Å². The lowest BCUT2D eigenvalue weighted by Gasteiger charge is -2.36. The van der Waals surface area contributed by atoms with Crippen molar-refractivity contribution in [2.24, 2.45) is 0 Å². The Hall–Kier alpha value is -3.12. The van der Waals surface area contributed by atoms with Gasteiger partial charge in [-0.3, -0.25) is 9.78 Å². The van der Waals surface area contributed by atoms with E-state index in [-0.39, 0.29) is 12.5 Å². The summed E-state index contributed by atoms with van der Waals surface area (Å²) in [6.07, 6.45) is 1.67. The first-order chi connectivity index (χ1) is 14.1. The summed E-state index contributed by atoms with van der Waals surface area (Å²) in [5.41, 5.74) is 2.17. The Bertz CT molecular complexity index is 1040. The molecule has 0 N–H and O–H groups in total. The van der Waals surface area contributed by atoms with Gasteiger partial charge in [0.2, 0.25) is 0 Å². The second kappa shape index (κ2) is 8.49.